The first kappa shape index (κ1) is 16.8. The van der Waals surface area contributed by atoms with E-state index in [2.05, 4.69) is 15.4 Å². The maximum atomic E-state index is 12.7. The Kier molecular flexibility index (Phi) is 4.40. The average Bonchev–Trinajstić information content (AvgIpc) is 3.04. The third kappa shape index (κ3) is 2.99. The first-order valence-corrected chi connectivity index (χ1v) is 7.48. The molecule has 1 N–H and O–H groups in total. The van der Waals surface area contributed by atoms with Gasteiger partial charge in [0.05, 0.1) is 11.1 Å². The summed E-state index contributed by atoms with van der Waals surface area (Å²) in [5.74, 6) is -0.0254. The number of nitrogens with one attached hydrogen (secondary N) is 1. The number of carbonyl (C=O) groups excluding carboxylic acids is 1. The van der Waals surface area contributed by atoms with Gasteiger partial charge in [0.1, 0.15) is 11.6 Å². The number of hydrogen-bond donors (Lipinski definition) is 1. The second-order valence-electron chi connectivity index (χ2n) is 5.28. The molecule has 3 rings (SSSR count). The topological polar surface area (TPSA) is 127 Å². The van der Waals surface area contributed by atoms with Crippen LogP contribution in [0.3, 0.4) is 0 Å². The van der Waals surface area contributed by atoms with Crippen molar-refractivity contribution in [3.63, 3.8) is 0 Å². The Labute approximate surface area is 147 Å². The maximum Gasteiger partial charge on any atom is 0.273 e. The number of nitro benzene ring substituents is 1. The Balaban J connectivity index is 2.01. The molecule has 0 aliphatic heterocycles. The van der Waals surface area contributed by atoms with Crippen LogP contribution in [0.15, 0.2) is 48.8 Å². The van der Waals surface area contributed by atoms with Crippen molar-refractivity contribution in [2.75, 3.05) is 5.32 Å². The first-order chi connectivity index (χ1) is 12.5. The van der Waals surface area contributed by atoms with E-state index in [0.29, 0.717) is 5.82 Å². The van der Waals surface area contributed by atoms with Crippen molar-refractivity contribution < 1.29 is 9.72 Å². The average molecular weight is 348 g/mol. The maximum absolute atomic E-state index is 12.7. The van der Waals surface area contributed by atoms with Crippen molar-refractivity contribution in [3.05, 3.63) is 75.6 Å². The number of hydrogen-bond acceptors (Lipinski definition) is 6. The van der Waals surface area contributed by atoms with Gasteiger partial charge in [-0.15, -0.1) is 0 Å². The molecule has 1 amide bonds. The van der Waals surface area contributed by atoms with Crippen molar-refractivity contribution in [1.82, 2.24) is 14.8 Å². The highest BCUT2D eigenvalue weighted by atomic mass is 16.6. The molecule has 1 aromatic carbocycles. The number of nitrogens with zero attached hydrogens (tertiary/aromatic N) is 5. The molecular formula is C17H12N6O3. The van der Waals surface area contributed by atoms with Gasteiger partial charge in [-0.2, -0.15) is 15.0 Å². The minimum atomic E-state index is -0.583. The summed E-state index contributed by atoms with van der Waals surface area (Å²) in [6.45, 7) is 1.49. The lowest BCUT2D eigenvalue weighted by Gasteiger charge is -2.10. The molecule has 0 saturated heterocycles. The number of rotatable bonds is 4. The lowest BCUT2D eigenvalue weighted by atomic mass is 10.1. The highest BCUT2D eigenvalue weighted by Gasteiger charge is 2.21. The monoisotopic (exact) mass is 348 g/mol. The summed E-state index contributed by atoms with van der Waals surface area (Å²) in [7, 11) is 0. The van der Waals surface area contributed by atoms with Gasteiger partial charge in [0.2, 0.25) is 0 Å². The molecule has 26 heavy (non-hydrogen) atoms. The zero-order valence-electron chi connectivity index (χ0n) is 13.6. The molecule has 0 aliphatic carbocycles. The van der Waals surface area contributed by atoms with E-state index < -0.39 is 10.8 Å². The summed E-state index contributed by atoms with van der Waals surface area (Å²) in [5.41, 5.74) is 0.359. The van der Waals surface area contributed by atoms with Crippen LogP contribution >= 0.6 is 0 Å². The minimum Gasteiger partial charge on any atom is -0.305 e. The molecular weight excluding hydrogens is 336 g/mol. The first-order valence-electron chi connectivity index (χ1n) is 7.48. The lowest BCUT2D eigenvalue weighted by molar-refractivity contribution is -0.385. The number of aromatic nitrogens is 3. The Morgan fingerprint density at radius 2 is 2.12 bits per heavy atom. The van der Waals surface area contributed by atoms with Crippen molar-refractivity contribution in [2.45, 2.75) is 6.92 Å². The molecule has 0 aliphatic rings. The SMILES string of the molecule is Cc1c(C(=O)Nc2c(C#N)cnn2-c2ccccn2)cccc1[N+](=O)[O-]. The summed E-state index contributed by atoms with van der Waals surface area (Å²) < 4.78 is 1.32. The van der Waals surface area contributed by atoms with Crippen LogP contribution in [0.4, 0.5) is 11.5 Å². The van der Waals surface area contributed by atoms with Crippen LogP contribution in [0.1, 0.15) is 21.5 Å². The third-order valence-corrected chi connectivity index (χ3v) is 3.73. The molecule has 128 valence electrons. The van der Waals surface area contributed by atoms with E-state index in [1.54, 1.807) is 24.4 Å². The fourth-order valence-corrected chi connectivity index (χ4v) is 2.45. The van der Waals surface area contributed by atoms with Crippen LogP contribution < -0.4 is 5.32 Å². The molecule has 2 heterocycles. The largest absolute Gasteiger partial charge is 0.305 e. The zero-order chi connectivity index (χ0) is 18.7. The molecule has 3 aromatic rings. The summed E-state index contributed by atoms with van der Waals surface area (Å²) in [5, 5.41) is 27.0. The second-order valence-corrected chi connectivity index (χ2v) is 5.28. The van der Waals surface area contributed by atoms with E-state index in [-0.39, 0.29) is 28.2 Å². The highest BCUT2D eigenvalue weighted by Crippen LogP contribution is 2.24. The molecule has 0 saturated carbocycles. The molecule has 0 spiro atoms. The van der Waals surface area contributed by atoms with Crippen LogP contribution in [0, 0.1) is 28.4 Å². The van der Waals surface area contributed by atoms with Gasteiger partial charge < -0.3 is 5.32 Å². The molecule has 0 unspecified atom stereocenters. The van der Waals surface area contributed by atoms with Gasteiger partial charge in [-0.25, -0.2) is 4.98 Å². The number of nitriles is 1. The van der Waals surface area contributed by atoms with Crippen LogP contribution in [0.2, 0.25) is 0 Å². The highest BCUT2D eigenvalue weighted by molar-refractivity contribution is 6.06. The van der Waals surface area contributed by atoms with E-state index in [4.69, 9.17) is 0 Å². The summed E-state index contributed by atoms with van der Waals surface area (Å²) in [6, 6.07) is 11.3. The molecule has 0 fully saturated rings. The summed E-state index contributed by atoms with van der Waals surface area (Å²) in [4.78, 5) is 27.3. The van der Waals surface area contributed by atoms with Crippen molar-refractivity contribution in [2.24, 2.45) is 0 Å². The Bertz CT molecular complexity index is 1040. The van der Waals surface area contributed by atoms with E-state index in [9.17, 15) is 20.2 Å². The summed E-state index contributed by atoms with van der Waals surface area (Å²) >= 11 is 0. The number of nitro groups is 1. The van der Waals surface area contributed by atoms with Crippen LogP contribution in [0.5, 0.6) is 0 Å². The number of amides is 1. The second kappa shape index (κ2) is 6.82. The van der Waals surface area contributed by atoms with Gasteiger partial charge in [0.15, 0.2) is 11.6 Å². The fourth-order valence-electron chi connectivity index (χ4n) is 2.45. The quantitative estimate of drug-likeness (QED) is 0.570. The Hall–Kier alpha value is -4.06. The van der Waals surface area contributed by atoms with Gasteiger partial charge in [-0.05, 0) is 25.1 Å². The van der Waals surface area contributed by atoms with Crippen LogP contribution in [-0.2, 0) is 0 Å². The van der Waals surface area contributed by atoms with Crippen LogP contribution in [0.25, 0.3) is 5.82 Å². The molecule has 0 radical (unpaired) electrons. The van der Waals surface area contributed by atoms with Crippen molar-refractivity contribution in [1.29, 1.82) is 5.26 Å². The Morgan fingerprint density at radius 3 is 2.77 bits per heavy atom. The minimum absolute atomic E-state index is 0.136. The van der Waals surface area contributed by atoms with E-state index in [1.807, 2.05) is 6.07 Å². The van der Waals surface area contributed by atoms with Gasteiger partial charge >= 0.3 is 0 Å². The van der Waals surface area contributed by atoms with E-state index in [0.717, 1.165) is 0 Å². The van der Waals surface area contributed by atoms with Crippen molar-refractivity contribution >= 4 is 17.4 Å². The van der Waals surface area contributed by atoms with Gasteiger partial charge in [-0.1, -0.05) is 12.1 Å². The molecule has 0 atom stereocenters. The molecule has 0 bridgehead atoms. The molecule has 9 nitrogen and oxygen atoms in total. The predicted molar refractivity (Wildman–Crippen MR) is 91.9 cm³/mol. The molecule has 9 heteroatoms. The molecule has 2 aromatic heterocycles. The van der Waals surface area contributed by atoms with Crippen molar-refractivity contribution in [3.8, 4) is 11.9 Å². The number of carbonyl (C=O) groups is 1. The van der Waals surface area contributed by atoms with Gasteiger partial charge in [0.25, 0.3) is 11.6 Å². The zero-order valence-corrected chi connectivity index (χ0v) is 13.6. The Morgan fingerprint density at radius 1 is 1.31 bits per heavy atom. The number of anilines is 1. The number of pyridine rings is 1. The standard InChI is InChI=1S/C17H12N6O3/c1-11-13(5-4-6-14(11)23(25)26)17(24)21-16-12(9-18)10-20-22(16)15-7-2-3-8-19-15/h2-8,10H,1H3,(H,21,24). The van der Waals surface area contributed by atoms with E-state index >= 15 is 0 Å². The summed E-state index contributed by atoms with van der Waals surface area (Å²) in [6.07, 6.45) is 2.87. The number of benzene rings is 1. The smallest absolute Gasteiger partial charge is 0.273 e. The van der Waals surface area contributed by atoms with Gasteiger partial charge in [0, 0.05) is 23.4 Å². The third-order valence-electron chi connectivity index (χ3n) is 3.73. The van der Waals surface area contributed by atoms with E-state index in [1.165, 1.54) is 36.0 Å². The predicted octanol–water partition coefficient (Wildman–Crippen LogP) is 2.61. The lowest BCUT2D eigenvalue weighted by Crippen LogP contribution is -2.17. The van der Waals surface area contributed by atoms with Crippen LogP contribution in [-0.4, -0.2) is 25.6 Å². The fraction of sp³-hybridized carbons (Fsp3) is 0.0588. The van der Waals surface area contributed by atoms with Gasteiger partial charge in [-0.3, -0.25) is 14.9 Å². The normalized spacial score (nSPS) is 10.2.